The van der Waals surface area contributed by atoms with Gasteiger partial charge in [0.2, 0.25) is 17.7 Å². The largest absolute Gasteiger partial charge is 0.460 e. The van der Waals surface area contributed by atoms with Gasteiger partial charge in [0.25, 0.3) is 0 Å². The number of carbonyl (C=O) groups excluding carboxylic acids is 4. The molecule has 1 aliphatic rings. The fourth-order valence-electron chi connectivity index (χ4n) is 6.97. The topological polar surface area (TPSA) is 152 Å². The number of unbranched alkanes of at least 4 members (excludes halogenated alkanes) is 10. The molecule has 1 saturated heterocycles. The third kappa shape index (κ3) is 17.1. The highest BCUT2D eigenvalue weighted by atomic mass is 28.4. The number of aliphatic hydroxyl groups excluding tert-OH is 1. The van der Waals surface area contributed by atoms with Crippen molar-refractivity contribution in [2.24, 2.45) is 17.8 Å². The Morgan fingerprint density at radius 2 is 1.30 bits per heavy atom. The monoisotopic (exact) mass is 818 g/mol. The van der Waals surface area contributed by atoms with Crippen molar-refractivity contribution in [3.63, 3.8) is 0 Å². The highest BCUT2D eigenvalue weighted by Gasteiger charge is 2.43. The normalized spacial score (nSPS) is 25.2. The quantitative estimate of drug-likeness (QED) is 0.0588. The van der Waals surface area contributed by atoms with Crippen LogP contribution >= 0.6 is 0 Å². The molecule has 3 amide bonds. The van der Waals surface area contributed by atoms with Gasteiger partial charge < -0.3 is 35.0 Å². The zero-order valence-electron chi connectivity index (χ0n) is 37.3. The standard InChI is InChI=1S/C45H79N3O8Si/c1-12-13-14-15-16-17-18-19-20-21-25-28-37-32(4)40(49)33(5)41(50)47-38(31(2)3)42(51)48-39(34(6)56-57(10,11)45(7,8)9)43(52)46-36(44(53)55-37)30-54-29-35-26-23-22-24-27-35/h22-24,26-27,31-34,36-40,49H,12-21,25,28-30H2,1-11H3,(H,46,52)(H,47,50)(H,48,51)/t32-,33+,34+,36-,37+,38-,39-,40+/m0/s1. The molecule has 4 N–H and O–H groups in total. The number of rotatable bonds is 20. The zero-order chi connectivity index (χ0) is 42.8. The number of cyclic esters (lactones) is 1. The Morgan fingerprint density at radius 1 is 0.772 bits per heavy atom. The number of hydrogen-bond acceptors (Lipinski definition) is 8. The fraction of sp³-hybridized carbons (Fsp3) is 0.778. The van der Waals surface area contributed by atoms with Crippen molar-refractivity contribution in [3.05, 3.63) is 35.9 Å². The fourth-order valence-corrected chi connectivity index (χ4v) is 8.39. The Balaban J connectivity index is 2.44. The van der Waals surface area contributed by atoms with E-state index in [2.05, 4.69) is 56.7 Å². The first-order chi connectivity index (χ1) is 26.8. The Kier molecular flexibility index (Phi) is 22.0. The van der Waals surface area contributed by atoms with Crippen LogP contribution in [0.3, 0.4) is 0 Å². The predicted molar refractivity (Wildman–Crippen MR) is 230 cm³/mol. The van der Waals surface area contributed by atoms with Gasteiger partial charge in [-0.3, -0.25) is 14.4 Å². The van der Waals surface area contributed by atoms with Crippen molar-refractivity contribution >= 4 is 32.0 Å². The molecule has 2 rings (SSSR count). The predicted octanol–water partition coefficient (Wildman–Crippen LogP) is 7.98. The number of nitrogens with one attached hydrogen (secondary N) is 3. The number of hydrogen-bond donors (Lipinski definition) is 4. The minimum Gasteiger partial charge on any atom is -0.460 e. The maximum atomic E-state index is 14.4. The summed E-state index contributed by atoms with van der Waals surface area (Å²) < 4.78 is 18.9. The second-order valence-electron chi connectivity index (χ2n) is 18.3. The molecule has 11 nitrogen and oxygen atoms in total. The maximum absolute atomic E-state index is 14.4. The number of carbonyl (C=O) groups is 4. The summed E-state index contributed by atoms with van der Waals surface area (Å²) >= 11 is 0. The molecular formula is C45H79N3O8Si. The number of ether oxygens (including phenoxy) is 2. The summed E-state index contributed by atoms with van der Waals surface area (Å²) in [6, 6.07) is 6.07. The van der Waals surface area contributed by atoms with Crippen molar-refractivity contribution in [2.75, 3.05) is 6.61 Å². The molecule has 0 aromatic heterocycles. The summed E-state index contributed by atoms with van der Waals surface area (Å²) in [6.07, 6.45) is 10.6. The van der Waals surface area contributed by atoms with Crippen LogP contribution in [0.4, 0.5) is 0 Å². The molecule has 0 radical (unpaired) electrons. The van der Waals surface area contributed by atoms with E-state index < -0.39 is 80.3 Å². The summed E-state index contributed by atoms with van der Waals surface area (Å²) in [5.41, 5.74) is 0.896. The summed E-state index contributed by atoms with van der Waals surface area (Å²) in [7, 11) is -2.44. The van der Waals surface area contributed by atoms with E-state index in [1.807, 2.05) is 44.2 Å². The van der Waals surface area contributed by atoms with E-state index in [0.717, 1.165) is 31.2 Å². The van der Waals surface area contributed by atoms with E-state index in [9.17, 15) is 24.3 Å². The van der Waals surface area contributed by atoms with Crippen LogP contribution in [0.2, 0.25) is 18.1 Å². The lowest BCUT2D eigenvalue weighted by atomic mass is 9.86. The van der Waals surface area contributed by atoms with Gasteiger partial charge in [0.15, 0.2) is 14.4 Å². The van der Waals surface area contributed by atoms with Gasteiger partial charge in [0.1, 0.15) is 18.2 Å². The lowest BCUT2D eigenvalue weighted by Gasteiger charge is -2.40. The average molecular weight is 818 g/mol. The average Bonchev–Trinajstić information content (AvgIpc) is 3.15. The van der Waals surface area contributed by atoms with E-state index >= 15 is 0 Å². The van der Waals surface area contributed by atoms with E-state index in [-0.39, 0.29) is 24.2 Å². The van der Waals surface area contributed by atoms with Gasteiger partial charge in [-0.25, -0.2) is 4.79 Å². The third-order valence-electron chi connectivity index (χ3n) is 12.0. The molecule has 1 aliphatic heterocycles. The van der Waals surface area contributed by atoms with Crippen molar-refractivity contribution in [1.29, 1.82) is 0 Å². The van der Waals surface area contributed by atoms with Crippen LogP contribution in [0.5, 0.6) is 0 Å². The number of amides is 3. The van der Waals surface area contributed by atoms with Gasteiger partial charge in [-0.05, 0) is 49.4 Å². The van der Waals surface area contributed by atoms with E-state index in [4.69, 9.17) is 13.9 Å². The van der Waals surface area contributed by atoms with Gasteiger partial charge in [0.05, 0.1) is 31.3 Å². The van der Waals surface area contributed by atoms with Gasteiger partial charge in [0, 0.05) is 5.92 Å². The minimum atomic E-state index is -2.44. The summed E-state index contributed by atoms with van der Waals surface area (Å²) in [6.45, 7) is 21.4. The first-order valence-electron chi connectivity index (χ1n) is 21.9. The van der Waals surface area contributed by atoms with Crippen LogP contribution in [0.25, 0.3) is 0 Å². The first-order valence-corrected chi connectivity index (χ1v) is 24.8. The Hall–Kier alpha value is -2.80. The molecular weight excluding hydrogens is 739 g/mol. The number of aliphatic hydroxyl groups is 1. The van der Waals surface area contributed by atoms with E-state index in [0.29, 0.717) is 6.42 Å². The van der Waals surface area contributed by atoms with E-state index in [1.54, 1.807) is 20.8 Å². The molecule has 1 aromatic rings. The third-order valence-corrected chi connectivity index (χ3v) is 16.6. The number of benzene rings is 1. The molecule has 0 unspecified atom stereocenters. The van der Waals surface area contributed by atoms with Crippen molar-refractivity contribution in [3.8, 4) is 0 Å². The smallest absolute Gasteiger partial charge is 0.331 e. The molecule has 57 heavy (non-hydrogen) atoms. The van der Waals surface area contributed by atoms with Crippen molar-refractivity contribution in [1.82, 2.24) is 16.0 Å². The molecule has 1 aromatic carbocycles. The lowest BCUT2D eigenvalue weighted by Crippen LogP contribution is -2.62. The highest BCUT2D eigenvalue weighted by Crippen LogP contribution is 2.37. The van der Waals surface area contributed by atoms with Crippen molar-refractivity contribution in [2.45, 2.75) is 201 Å². The highest BCUT2D eigenvalue weighted by molar-refractivity contribution is 6.74. The molecule has 0 bridgehead atoms. The van der Waals surface area contributed by atoms with Gasteiger partial charge in [-0.2, -0.15) is 0 Å². The van der Waals surface area contributed by atoms with Crippen LogP contribution in [0.1, 0.15) is 145 Å². The van der Waals surface area contributed by atoms with Crippen LogP contribution in [0, 0.1) is 17.8 Å². The van der Waals surface area contributed by atoms with Gasteiger partial charge in [-0.1, -0.05) is 150 Å². The van der Waals surface area contributed by atoms with Crippen LogP contribution in [-0.2, 0) is 39.7 Å². The minimum absolute atomic E-state index is 0.190. The Labute approximate surface area is 346 Å². The second kappa shape index (κ2) is 25.0. The van der Waals surface area contributed by atoms with Gasteiger partial charge in [-0.15, -0.1) is 0 Å². The summed E-state index contributed by atoms with van der Waals surface area (Å²) in [5, 5.41) is 20.0. The zero-order valence-corrected chi connectivity index (χ0v) is 38.3. The number of esters is 1. The first kappa shape index (κ1) is 50.3. The molecule has 0 saturated carbocycles. The molecule has 1 fully saturated rings. The van der Waals surface area contributed by atoms with Crippen molar-refractivity contribution < 1.29 is 38.2 Å². The van der Waals surface area contributed by atoms with Crippen LogP contribution in [-0.4, -0.2) is 80.2 Å². The molecule has 12 heteroatoms. The molecule has 0 spiro atoms. The maximum Gasteiger partial charge on any atom is 0.331 e. The summed E-state index contributed by atoms with van der Waals surface area (Å²) in [5.74, 6) is -4.30. The summed E-state index contributed by atoms with van der Waals surface area (Å²) in [4.78, 5) is 56.2. The molecule has 326 valence electrons. The SMILES string of the molecule is CCCCCCCCCCCCC[C@H]1OC(=O)[C@H](COCc2ccccc2)NC(=O)[C@H]([C@@H](C)O[Si](C)(C)C(C)(C)C)NC(=O)[C@H](C(C)C)NC(=O)[C@H](C)[C@H](O)[C@H]1C. The lowest BCUT2D eigenvalue weighted by molar-refractivity contribution is -0.161. The van der Waals surface area contributed by atoms with Crippen LogP contribution < -0.4 is 16.0 Å². The molecule has 8 atom stereocenters. The molecule has 0 aliphatic carbocycles. The van der Waals surface area contributed by atoms with Gasteiger partial charge >= 0.3 is 5.97 Å². The van der Waals surface area contributed by atoms with E-state index in [1.165, 1.54) is 44.9 Å². The molecule has 1 heterocycles. The Bertz CT molecular complexity index is 1350. The Morgan fingerprint density at radius 3 is 1.84 bits per heavy atom. The second-order valence-corrected chi connectivity index (χ2v) is 23.1. The van der Waals surface area contributed by atoms with Crippen LogP contribution in [0.15, 0.2) is 30.3 Å².